The van der Waals surface area contributed by atoms with Crippen molar-refractivity contribution in [1.29, 1.82) is 5.26 Å². The summed E-state index contributed by atoms with van der Waals surface area (Å²) in [5, 5.41) is 12.1. The summed E-state index contributed by atoms with van der Waals surface area (Å²) in [6, 6.07) is 17.3. The highest BCUT2D eigenvalue weighted by Crippen LogP contribution is 2.30. The van der Waals surface area contributed by atoms with Crippen LogP contribution in [0.1, 0.15) is 24.0 Å². The average molecular weight is 348 g/mol. The number of ether oxygens (including phenoxy) is 2. The minimum atomic E-state index is -0.335. The molecular formula is C21H20N2O3. The summed E-state index contributed by atoms with van der Waals surface area (Å²) in [4.78, 5) is 12.1. The van der Waals surface area contributed by atoms with Gasteiger partial charge in [-0.15, -0.1) is 0 Å². The summed E-state index contributed by atoms with van der Waals surface area (Å²) >= 11 is 0. The van der Waals surface area contributed by atoms with E-state index < -0.39 is 0 Å². The van der Waals surface area contributed by atoms with E-state index in [-0.39, 0.29) is 17.5 Å². The zero-order chi connectivity index (χ0) is 18.4. The molecule has 2 aromatic carbocycles. The van der Waals surface area contributed by atoms with Crippen molar-refractivity contribution in [3.8, 4) is 17.6 Å². The number of methoxy groups -OCH3 is 1. The Morgan fingerprint density at radius 2 is 2.00 bits per heavy atom. The van der Waals surface area contributed by atoms with Gasteiger partial charge in [0, 0.05) is 6.04 Å². The number of hydrogen-bond donors (Lipinski definition) is 1. The molecule has 1 aliphatic carbocycles. The lowest BCUT2D eigenvalue weighted by atomic mass is 10.1. The molecule has 0 spiro atoms. The molecule has 3 rings (SSSR count). The number of carbonyl (C=O) groups is 1. The summed E-state index contributed by atoms with van der Waals surface area (Å²) < 4.78 is 11.2. The van der Waals surface area contributed by atoms with Crippen LogP contribution in [0, 0.1) is 11.3 Å². The summed E-state index contributed by atoms with van der Waals surface area (Å²) in [5.74, 6) is 0.822. The zero-order valence-electron chi connectivity index (χ0n) is 14.6. The maximum Gasteiger partial charge on any atom is 0.262 e. The first kappa shape index (κ1) is 17.6. The van der Waals surface area contributed by atoms with Gasteiger partial charge in [0.1, 0.15) is 18.2 Å². The first-order valence-electron chi connectivity index (χ1n) is 8.47. The van der Waals surface area contributed by atoms with Gasteiger partial charge in [-0.1, -0.05) is 36.4 Å². The molecule has 26 heavy (non-hydrogen) atoms. The number of rotatable bonds is 7. The molecule has 0 unspecified atom stereocenters. The van der Waals surface area contributed by atoms with Crippen LogP contribution in [-0.4, -0.2) is 19.1 Å². The van der Waals surface area contributed by atoms with Gasteiger partial charge in [0.25, 0.3) is 5.91 Å². The highest BCUT2D eigenvalue weighted by molar-refractivity contribution is 6.02. The summed E-state index contributed by atoms with van der Waals surface area (Å²) in [5.41, 5.74) is 1.84. The van der Waals surface area contributed by atoms with E-state index in [1.165, 1.54) is 0 Å². The fourth-order valence-electron chi connectivity index (χ4n) is 2.43. The largest absolute Gasteiger partial charge is 0.493 e. The van der Waals surface area contributed by atoms with Crippen LogP contribution in [0.3, 0.4) is 0 Å². The van der Waals surface area contributed by atoms with E-state index in [0.29, 0.717) is 23.7 Å². The lowest BCUT2D eigenvalue weighted by molar-refractivity contribution is -0.117. The predicted octanol–water partition coefficient (Wildman–Crippen LogP) is 3.46. The van der Waals surface area contributed by atoms with Crippen LogP contribution >= 0.6 is 0 Å². The van der Waals surface area contributed by atoms with Crippen molar-refractivity contribution in [2.75, 3.05) is 7.11 Å². The monoisotopic (exact) mass is 348 g/mol. The molecule has 1 amide bonds. The minimum absolute atomic E-state index is 0.0805. The third kappa shape index (κ3) is 4.64. The van der Waals surface area contributed by atoms with Crippen molar-refractivity contribution in [2.24, 2.45) is 0 Å². The Hall–Kier alpha value is -3.26. The van der Waals surface area contributed by atoms with Crippen LogP contribution in [0.25, 0.3) is 6.08 Å². The van der Waals surface area contributed by atoms with Crippen LogP contribution in [0.5, 0.6) is 11.5 Å². The minimum Gasteiger partial charge on any atom is -0.493 e. The van der Waals surface area contributed by atoms with Crippen molar-refractivity contribution in [3.63, 3.8) is 0 Å². The van der Waals surface area contributed by atoms with E-state index in [2.05, 4.69) is 5.32 Å². The fourth-order valence-corrected chi connectivity index (χ4v) is 2.43. The highest BCUT2D eigenvalue weighted by Gasteiger charge is 2.24. The molecule has 0 bridgehead atoms. The highest BCUT2D eigenvalue weighted by atomic mass is 16.5. The molecule has 1 saturated carbocycles. The van der Waals surface area contributed by atoms with Gasteiger partial charge in [-0.25, -0.2) is 0 Å². The number of nitrogens with one attached hydrogen (secondary N) is 1. The molecule has 132 valence electrons. The Balaban J connectivity index is 1.73. The fraction of sp³-hybridized carbons (Fsp3) is 0.238. The molecule has 0 radical (unpaired) electrons. The normalized spacial score (nSPS) is 13.6. The van der Waals surface area contributed by atoms with Gasteiger partial charge in [-0.2, -0.15) is 5.26 Å². The number of nitrogens with zero attached hydrogens (tertiary/aromatic N) is 1. The van der Waals surface area contributed by atoms with Crippen LogP contribution in [0.4, 0.5) is 0 Å². The van der Waals surface area contributed by atoms with E-state index in [4.69, 9.17) is 9.47 Å². The predicted molar refractivity (Wildman–Crippen MR) is 98.5 cm³/mol. The molecule has 0 aliphatic heterocycles. The van der Waals surface area contributed by atoms with E-state index >= 15 is 0 Å². The first-order valence-corrected chi connectivity index (χ1v) is 8.47. The topological polar surface area (TPSA) is 71.3 Å². The zero-order valence-corrected chi connectivity index (χ0v) is 14.6. The van der Waals surface area contributed by atoms with Crippen molar-refractivity contribution in [1.82, 2.24) is 5.32 Å². The SMILES string of the molecule is COc1cc(C=C(C#N)C(=O)NC2CC2)ccc1OCc1ccccc1. The maximum atomic E-state index is 12.1. The maximum absolute atomic E-state index is 12.1. The smallest absolute Gasteiger partial charge is 0.262 e. The van der Waals surface area contributed by atoms with Crippen LogP contribution in [-0.2, 0) is 11.4 Å². The Bertz CT molecular complexity index is 849. The first-order chi connectivity index (χ1) is 12.7. The third-order valence-electron chi connectivity index (χ3n) is 4.01. The molecule has 0 heterocycles. The van der Waals surface area contributed by atoms with Crippen molar-refractivity contribution < 1.29 is 14.3 Å². The van der Waals surface area contributed by atoms with E-state index in [9.17, 15) is 10.1 Å². The molecule has 1 fully saturated rings. The number of hydrogen-bond acceptors (Lipinski definition) is 4. The van der Waals surface area contributed by atoms with Crippen molar-refractivity contribution in [2.45, 2.75) is 25.5 Å². The molecule has 1 N–H and O–H groups in total. The van der Waals surface area contributed by atoms with Crippen molar-refractivity contribution in [3.05, 3.63) is 65.2 Å². The van der Waals surface area contributed by atoms with Crippen LogP contribution in [0.15, 0.2) is 54.1 Å². The lowest BCUT2D eigenvalue weighted by Crippen LogP contribution is -2.26. The van der Waals surface area contributed by atoms with Gasteiger partial charge >= 0.3 is 0 Å². The number of amides is 1. The molecule has 0 saturated heterocycles. The summed E-state index contributed by atoms with van der Waals surface area (Å²) in [6.07, 6.45) is 3.51. The second-order valence-electron chi connectivity index (χ2n) is 6.10. The second kappa shape index (κ2) is 8.21. The third-order valence-corrected chi connectivity index (χ3v) is 4.01. The van der Waals surface area contributed by atoms with Crippen LogP contribution in [0.2, 0.25) is 0 Å². The number of nitriles is 1. The quantitative estimate of drug-likeness (QED) is 0.614. The molecule has 0 atom stereocenters. The van der Waals surface area contributed by atoms with Gasteiger partial charge in [0.15, 0.2) is 11.5 Å². The van der Waals surface area contributed by atoms with E-state index in [0.717, 1.165) is 18.4 Å². The van der Waals surface area contributed by atoms with Gasteiger partial charge < -0.3 is 14.8 Å². The second-order valence-corrected chi connectivity index (χ2v) is 6.10. The molecular weight excluding hydrogens is 328 g/mol. The Morgan fingerprint density at radius 1 is 1.23 bits per heavy atom. The van der Waals surface area contributed by atoms with Crippen molar-refractivity contribution >= 4 is 12.0 Å². The molecule has 5 nitrogen and oxygen atoms in total. The lowest BCUT2D eigenvalue weighted by Gasteiger charge is -2.11. The van der Waals surface area contributed by atoms with Crippen LogP contribution < -0.4 is 14.8 Å². The molecule has 2 aromatic rings. The number of benzene rings is 2. The van der Waals surface area contributed by atoms with Gasteiger partial charge in [-0.05, 0) is 42.2 Å². The summed E-state index contributed by atoms with van der Waals surface area (Å²) in [6.45, 7) is 0.430. The van der Waals surface area contributed by atoms with Gasteiger partial charge in [0.2, 0.25) is 0 Å². The average Bonchev–Trinajstić information content (AvgIpc) is 3.49. The molecule has 0 aromatic heterocycles. The van der Waals surface area contributed by atoms with E-state index in [1.807, 2.05) is 36.4 Å². The Morgan fingerprint density at radius 3 is 2.65 bits per heavy atom. The Kier molecular flexibility index (Phi) is 5.55. The number of carbonyl (C=O) groups excluding carboxylic acids is 1. The molecule has 5 heteroatoms. The van der Waals surface area contributed by atoms with Gasteiger partial charge in [-0.3, -0.25) is 4.79 Å². The molecule has 1 aliphatic rings. The summed E-state index contributed by atoms with van der Waals surface area (Å²) in [7, 11) is 1.56. The Labute approximate surface area is 152 Å². The van der Waals surface area contributed by atoms with Gasteiger partial charge in [0.05, 0.1) is 7.11 Å². The van der Waals surface area contributed by atoms with E-state index in [1.54, 1.807) is 31.4 Å². The standard InChI is InChI=1S/C21H20N2O3/c1-25-20-12-16(11-17(13-22)21(24)23-18-8-9-18)7-10-19(20)26-14-15-5-3-2-4-6-15/h2-7,10-12,18H,8-9,14H2,1H3,(H,23,24).